The van der Waals surface area contributed by atoms with E-state index in [1.807, 2.05) is 43.3 Å². The lowest BCUT2D eigenvalue weighted by Crippen LogP contribution is -2.37. The van der Waals surface area contributed by atoms with Gasteiger partial charge in [-0.25, -0.2) is 9.59 Å². The molecule has 3 atom stereocenters. The van der Waals surface area contributed by atoms with Gasteiger partial charge in [-0.15, -0.1) is 0 Å². The average Bonchev–Trinajstić information content (AvgIpc) is 3.14. The average molecular weight is 385 g/mol. The molecular weight excluding hydrogens is 362 g/mol. The molecule has 2 aromatic rings. The summed E-state index contributed by atoms with van der Waals surface area (Å²) >= 11 is 0. The largest absolute Gasteiger partial charge is 0.465 e. The molecule has 0 radical (unpaired) electrons. The third kappa shape index (κ3) is 3.30. The normalized spacial score (nSPS) is 25.7. The van der Waals surface area contributed by atoms with Gasteiger partial charge in [0.1, 0.15) is 12.4 Å². The molecule has 0 spiro atoms. The van der Waals surface area contributed by atoms with E-state index in [0.717, 1.165) is 17.7 Å². The van der Waals surface area contributed by atoms with Crippen LogP contribution in [0.25, 0.3) is 0 Å². The highest BCUT2D eigenvalue weighted by Gasteiger charge is 2.68. The van der Waals surface area contributed by atoms with Gasteiger partial charge in [0, 0.05) is 31.1 Å². The summed E-state index contributed by atoms with van der Waals surface area (Å²) in [6, 6.07) is 11.3. The molecule has 0 bridgehead atoms. The Hall–Kier alpha value is -3.03. The molecule has 2 heterocycles. The lowest BCUT2D eigenvalue weighted by molar-refractivity contribution is 0.132. The van der Waals surface area contributed by atoms with Crippen LogP contribution in [-0.2, 0) is 16.8 Å². The standard InChI is InChI=1S/C20H23N3O5/c1-13-9-17(22-28-13)20(15-7-8-23(19(25)26)10-16(15)20)12-21-18(24)27-11-14-5-3-2-4-6-14/h2-6,9,15-16H,7-8,10-12H2,1H3,(H,21,24)(H,25,26)/t15-,16+,20+/m1/s1. The third-order valence-electron chi connectivity index (χ3n) is 5.94. The monoisotopic (exact) mass is 385 g/mol. The van der Waals surface area contributed by atoms with E-state index in [4.69, 9.17) is 9.26 Å². The van der Waals surface area contributed by atoms with Crippen LogP contribution in [0.15, 0.2) is 40.9 Å². The second-order valence-electron chi connectivity index (χ2n) is 7.51. The molecule has 1 saturated carbocycles. The fourth-order valence-corrected chi connectivity index (χ4v) is 4.46. The molecule has 0 unspecified atom stereocenters. The quantitative estimate of drug-likeness (QED) is 0.820. The zero-order valence-electron chi connectivity index (χ0n) is 15.6. The summed E-state index contributed by atoms with van der Waals surface area (Å²) in [5.41, 5.74) is 1.28. The van der Waals surface area contributed by atoms with E-state index in [1.165, 1.54) is 4.90 Å². The number of carboxylic acid groups (broad SMARTS) is 1. The zero-order chi connectivity index (χ0) is 19.7. The van der Waals surface area contributed by atoms with Crippen LogP contribution in [0, 0.1) is 18.8 Å². The van der Waals surface area contributed by atoms with Crippen molar-refractivity contribution in [3.05, 3.63) is 53.4 Å². The summed E-state index contributed by atoms with van der Waals surface area (Å²) in [6.07, 6.45) is -0.670. The zero-order valence-corrected chi connectivity index (χ0v) is 15.6. The number of nitrogens with one attached hydrogen (secondary N) is 1. The van der Waals surface area contributed by atoms with Gasteiger partial charge in [0.2, 0.25) is 0 Å². The van der Waals surface area contributed by atoms with E-state index in [2.05, 4.69) is 10.5 Å². The van der Waals surface area contributed by atoms with Crippen LogP contribution in [0.3, 0.4) is 0 Å². The van der Waals surface area contributed by atoms with E-state index >= 15 is 0 Å². The van der Waals surface area contributed by atoms with E-state index < -0.39 is 17.6 Å². The fraction of sp³-hybridized carbons (Fsp3) is 0.450. The first-order chi connectivity index (χ1) is 13.5. The molecule has 4 rings (SSSR count). The first kappa shape index (κ1) is 18.3. The fourth-order valence-electron chi connectivity index (χ4n) is 4.46. The van der Waals surface area contributed by atoms with Gasteiger partial charge in [-0.2, -0.15) is 0 Å². The van der Waals surface area contributed by atoms with Crippen LogP contribution in [0.4, 0.5) is 9.59 Å². The highest BCUT2D eigenvalue weighted by molar-refractivity contribution is 5.68. The van der Waals surface area contributed by atoms with Gasteiger partial charge >= 0.3 is 12.2 Å². The number of benzene rings is 1. The van der Waals surface area contributed by atoms with Gasteiger partial charge < -0.3 is 24.6 Å². The molecule has 1 aromatic carbocycles. The summed E-state index contributed by atoms with van der Waals surface area (Å²) in [7, 11) is 0. The van der Waals surface area contributed by atoms with Crippen molar-refractivity contribution in [1.82, 2.24) is 15.4 Å². The Morgan fingerprint density at radius 3 is 2.82 bits per heavy atom. The van der Waals surface area contributed by atoms with Gasteiger partial charge in [-0.1, -0.05) is 35.5 Å². The Kier molecular flexibility index (Phi) is 4.70. The maximum absolute atomic E-state index is 12.2. The number of piperidine rings is 1. The SMILES string of the molecule is Cc1cc([C@@]2(CNC(=O)OCc3ccccc3)[C@@H]3CCN(C(=O)O)C[C@@H]32)no1. The number of rotatable bonds is 5. The van der Waals surface area contributed by atoms with Crippen LogP contribution < -0.4 is 5.32 Å². The number of hydrogen-bond acceptors (Lipinski definition) is 5. The van der Waals surface area contributed by atoms with Crippen LogP contribution in [0.2, 0.25) is 0 Å². The van der Waals surface area contributed by atoms with E-state index in [9.17, 15) is 14.7 Å². The van der Waals surface area contributed by atoms with Gasteiger partial charge in [-0.3, -0.25) is 0 Å². The Morgan fingerprint density at radius 2 is 2.14 bits per heavy atom. The van der Waals surface area contributed by atoms with Gasteiger partial charge in [0.05, 0.1) is 5.69 Å². The number of nitrogens with zero attached hydrogens (tertiary/aromatic N) is 2. The van der Waals surface area contributed by atoms with Gasteiger partial charge in [0.15, 0.2) is 0 Å². The molecule has 2 amide bonds. The van der Waals surface area contributed by atoms with E-state index in [-0.39, 0.29) is 18.4 Å². The second-order valence-corrected chi connectivity index (χ2v) is 7.51. The second kappa shape index (κ2) is 7.18. The van der Waals surface area contributed by atoms with Crippen LogP contribution in [-0.4, -0.2) is 47.0 Å². The summed E-state index contributed by atoms with van der Waals surface area (Å²) in [4.78, 5) is 25.0. The van der Waals surface area contributed by atoms with Crippen molar-refractivity contribution in [2.24, 2.45) is 11.8 Å². The minimum absolute atomic E-state index is 0.108. The predicted molar refractivity (Wildman–Crippen MR) is 98.7 cm³/mol. The molecule has 148 valence electrons. The van der Waals surface area contributed by atoms with Crippen molar-refractivity contribution in [2.45, 2.75) is 25.4 Å². The first-order valence-electron chi connectivity index (χ1n) is 9.37. The highest BCUT2D eigenvalue weighted by Crippen LogP contribution is 2.62. The first-order valence-corrected chi connectivity index (χ1v) is 9.37. The summed E-state index contributed by atoms with van der Waals surface area (Å²) in [5.74, 6) is 1.07. The lowest BCUT2D eigenvalue weighted by Gasteiger charge is -2.22. The Labute approximate surface area is 162 Å². The molecule has 28 heavy (non-hydrogen) atoms. The predicted octanol–water partition coefficient (Wildman–Crippen LogP) is 2.78. The Bertz CT molecular complexity index is 868. The minimum Gasteiger partial charge on any atom is -0.465 e. The van der Waals surface area contributed by atoms with E-state index in [0.29, 0.717) is 25.4 Å². The third-order valence-corrected chi connectivity index (χ3v) is 5.94. The molecule has 1 aliphatic carbocycles. The molecule has 8 heteroatoms. The minimum atomic E-state index is -0.911. The van der Waals surface area contributed by atoms with E-state index in [1.54, 1.807) is 0 Å². The highest BCUT2D eigenvalue weighted by atomic mass is 16.5. The number of alkyl carbamates (subject to hydrolysis) is 1. The molecular formula is C20H23N3O5. The molecule has 2 fully saturated rings. The van der Waals surface area contributed by atoms with Crippen molar-refractivity contribution in [3.63, 3.8) is 0 Å². The summed E-state index contributed by atoms with van der Waals surface area (Å²) in [6.45, 7) is 3.29. The number of fused-ring (bicyclic) bond motifs is 1. The van der Waals surface area contributed by atoms with Gasteiger partial charge in [0.25, 0.3) is 0 Å². The topological polar surface area (TPSA) is 105 Å². The molecule has 8 nitrogen and oxygen atoms in total. The molecule has 2 N–H and O–H groups in total. The number of carbonyl (C=O) groups excluding carboxylic acids is 1. The van der Waals surface area contributed by atoms with Crippen molar-refractivity contribution < 1.29 is 24.0 Å². The van der Waals surface area contributed by atoms with Crippen LogP contribution in [0.1, 0.15) is 23.4 Å². The lowest BCUT2D eigenvalue weighted by atomic mass is 9.96. The van der Waals surface area contributed by atoms with Gasteiger partial charge in [-0.05, 0) is 30.7 Å². The molecule has 1 aromatic heterocycles. The molecule has 1 aliphatic heterocycles. The number of aryl methyl sites for hydroxylation is 1. The smallest absolute Gasteiger partial charge is 0.407 e. The van der Waals surface area contributed by atoms with Crippen LogP contribution in [0.5, 0.6) is 0 Å². The van der Waals surface area contributed by atoms with Crippen molar-refractivity contribution >= 4 is 12.2 Å². The number of carbonyl (C=O) groups is 2. The Morgan fingerprint density at radius 1 is 1.36 bits per heavy atom. The van der Waals surface area contributed by atoms with Crippen molar-refractivity contribution in [2.75, 3.05) is 19.6 Å². The van der Waals surface area contributed by atoms with Crippen LogP contribution >= 0.6 is 0 Å². The number of aromatic nitrogens is 1. The molecule has 1 saturated heterocycles. The maximum Gasteiger partial charge on any atom is 0.407 e. The number of amides is 2. The van der Waals surface area contributed by atoms with Crippen molar-refractivity contribution in [3.8, 4) is 0 Å². The number of likely N-dealkylation sites (tertiary alicyclic amines) is 1. The molecule has 2 aliphatic rings. The maximum atomic E-state index is 12.2. The summed E-state index contributed by atoms with van der Waals surface area (Å²) in [5, 5.41) is 16.4. The van der Waals surface area contributed by atoms with Crippen molar-refractivity contribution in [1.29, 1.82) is 0 Å². The Balaban J connectivity index is 1.43. The number of ether oxygens (including phenoxy) is 1. The summed E-state index contributed by atoms with van der Waals surface area (Å²) < 4.78 is 10.6. The number of hydrogen-bond donors (Lipinski definition) is 2.